The van der Waals surface area contributed by atoms with E-state index in [2.05, 4.69) is 11.3 Å². The largest absolute Gasteiger partial charge is 0.462 e. The van der Waals surface area contributed by atoms with Crippen LogP contribution in [0, 0.1) is 5.92 Å². The van der Waals surface area contributed by atoms with Crippen LogP contribution in [0.25, 0.3) is 0 Å². The van der Waals surface area contributed by atoms with E-state index in [9.17, 15) is 14.4 Å². The standard InChI is InChI=1S/C15H25ClN2O6/c1-10(2)13(19)23-9-11(8-16)12(24-15(18)21)6-4-3-5-7-22-14(17)20/h11-12H,1,3-9H2,2H3,(H2,17,20)(H2,18,21). The maximum atomic E-state index is 11.4. The van der Waals surface area contributed by atoms with E-state index in [0.29, 0.717) is 19.3 Å². The lowest BCUT2D eigenvalue weighted by Gasteiger charge is -2.24. The van der Waals surface area contributed by atoms with Crippen molar-refractivity contribution in [1.29, 1.82) is 0 Å². The molecule has 0 spiro atoms. The van der Waals surface area contributed by atoms with Gasteiger partial charge in [-0.2, -0.15) is 0 Å². The van der Waals surface area contributed by atoms with Gasteiger partial charge in [-0.05, 0) is 32.6 Å². The van der Waals surface area contributed by atoms with E-state index in [1.165, 1.54) is 6.92 Å². The Labute approximate surface area is 146 Å². The molecule has 0 radical (unpaired) electrons. The maximum absolute atomic E-state index is 11.4. The van der Waals surface area contributed by atoms with Crippen molar-refractivity contribution in [2.75, 3.05) is 19.1 Å². The van der Waals surface area contributed by atoms with Crippen LogP contribution >= 0.6 is 11.6 Å². The van der Waals surface area contributed by atoms with Crippen molar-refractivity contribution < 1.29 is 28.6 Å². The lowest BCUT2D eigenvalue weighted by Crippen LogP contribution is -2.34. The third kappa shape index (κ3) is 10.7. The number of rotatable bonds is 12. The van der Waals surface area contributed by atoms with Crippen LogP contribution in [-0.2, 0) is 19.0 Å². The number of carbonyl (C=O) groups excluding carboxylic acids is 3. The molecule has 138 valence electrons. The highest BCUT2D eigenvalue weighted by Crippen LogP contribution is 2.18. The van der Waals surface area contributed by atoms with Crippen molar-refractivity contribution in [3.63, 3.8) is 0 Å². The Morgan fingerprint density at radius 3 is 2.25 bits per heavy atom. The molecule has 0 heterocycles. The molecule has 2 unspecified atom stereocenters. The summed E-state index contributed by atoms with van der Waals surface area (Å²) in [5, 5.41) is 0. The van der Waals surface area contributed by atoms with Gasteiger partial charge >= 0.3 is 18.2 Å². The predicted octanol–water partition coefficient (Wildman–Crippen LogP) is 2.08. The van der Waals surface area contributed by atoms with Gasteiger partial charge in [0.1, 0.15) is 6.10 Å². The molecule has 0 bridgehead atoms. The summed E-state index contributed by atoms with van der Waals surface area (Å²) in [7, 11) is 0. The SMILES string of the molecule is C=C(C)C(=O)OCC(CCl)C(CCCCCOC(N)=O)OC(N)=O. The zero-order chi connectivity index (χ0) is 18.5. The van der Waals surface area contributed by atoms with Gasteiger partial charge in [-0.15, -0.1) is 11.6 Å². The molecule has 0 aromatic carbocycles. The highest BCUT2D eigenvalue weighted by atomic mass is 35.5. The number of primary amides is 2. The van der Waals surface area contributed by atoms with E-state index in [4.69, 9.17) is 32.5 Å². The lowest BCUT2D eigenvalue weighted by atomic mass is 9.99. The van der Waals surface area contributed by atoms with E-state index in [1.807, 2.05) is 0 Å². The van der Waals surface area contributed by atoms with Crippen molar-refractivity contribution in [2.24, 2.45) is 17.4 Å². The molecule has 0 aromatic heterocycles. The number of unbranched alkanes of at least 4 members (excludes halogenated alkanes) is 2. The first-order valence-corrected chi connectivity index (χ1v) is 8.08. The number of esters is 1. The molecule has 0 aromatic rings. The molecule has 0 saturated heterocycles. The number of halogens is 1. The lowest BCUT2D eigenvalue weighted by molar-refractivity contribution is -0.141. The van der Waals surface area contributed by atoms with Gasteiger partial charge in [-0.1, -0.05) is 6.58 Å². The fourth-order valence-corrected chi connectivity index (χ4v) is 2.18. The Morgan fingerprint density at radius 1 is 1.08 bits per heavy atom. The average molecular weight is 365 g/mol. The molecular weight excluding hydrogens is 340 g/mol. The molecule has 0 fully saturated rings. The molecule has 9 heteroatoms. The molecule has 24 heavy (non-hydrogen) atoms. The molecule has 2 atom stereocenters. The minimum Gasteiger partial charge on any atom is -0.462 e. The second kappa shape index (κ2) is 12.5. The Bertz CT molecular complexity index is 444. The molecule has 0 aliphatic rings. The number of ether oxygens (including phenoxy) is 3. The summed E-state index contributed by atoms with van der Waals surface area (Å²) < 4.78 is 14.8. The summed E-state index contributed by atoms with van der Waals surface area (Å²) in [4.78, 5) is 32.9. The summed E-state index contributed by atoms with van der Waals surface area (Å²) in [6, 6.07) is 0. The molecule has 4 N–H and O–H groups in total. The van der Waals surface area contributed by atoms with Crippen LogP contribution in [0.5, 0.6) is 0 Å². The first-order chi connectivity index (χ1) is 11.3. The van der Waals surface area contributed by atoms with Crippen molar-refractivity contribution in [2.45, 2.75) is 38.7 Å². The zero-order valence-corrected chi connectivity index (χ0v) is 14.5. The fourth-order valence-electron chi connectivity index (χ4n) is 1.89. The number of nitrogens with two attached hydrogens (primary N) is 2. The van der Waals surface area contributed by atoms with Gasteiger partial charge in [0.2, 0.25) is 0 Å². The second-order valence-electron chi connectivity index (χ2n) is 5.29. The summed E-state index contributed by atoms with van der Waals surface area (Å²) in [5.74, 6) is -0.789. The van der Waals surface area contributed by atoms with Crippen molar-refractivity contribution in [3.8, 4) is 0 Å². The van der Waals surface area contributed by atoms with Crippen LogP contribution in [0.4, 0.5) is 9.59 Å². The fraction of sp³-hybridized carbons (Fsp3) is 0.667. The van der Waals surface area contributed by atoms with Gasteiger partial charge in [-0.25, -0.2) is 14.4 Å². The Morgan fingerprint density at radius 2 is 1.75 bits per heavy atom. The van der Waals surface area contributed by atoms with Crippen LogP contribution in [0.3, 0.4) is 0 Å². The van der Waals surface area contributed by atoms with Crippen molar-refractivity contribution in [1.82, 2.24) is 0 Å². The number of amides is 2. The van der Waals surface area contributed by atoms with Gasteiger partial charge in [0.15, 0.2) is 0 Å². The maximum Gasteiger partial charge on any atom is 0.404 e. The first-order valence-electron chi connectivity index (χ1n) is 7.54. The van der Waals surface area contributed by atoms with E-state index in [-0.39, 0.29) is 30.6 Å². The summed E-state index contributed by atoms with van der Waals surface area (Å²) in [6.07, 6.45) is 0.220. The molecule has 2 amide bonds. The number of hydrogen-bond acceptors (Lipinski definition) is 6. The highest BCUT2D eigenvalue weighted by molar-refractivity contribution is 6.18. The molecule has 8 nitrogen and oxygen atoms in total. The topological polar surface area (TPSA) is 131 Å². The minimum absolute atomic E-state index is 0.00206. The van der Waals surface area contributed by atoms with Crippen LogP contribution in [0.2, 0.25) is 0 Å². The van der Waals surface area contributed by atoms with Crippen LogP contribution in [-0.4, -0.2) is 43.4 Å². The third-order valence-electron chi connectivity index (χ3n) is 3.15. The van der Waals surface area contributed by atoms with Gasteiger partial charge in [-0.3, -0.25) is 0 Å². The van der Waals surface area contributed by atoms with E-state index >= 15 is 0 Å². The molecule has 0 aliphatic carbocycles. The summed E-state index contributed by atoms with van der Waals surface area (Å²) in [6.45, 7) is 5.24. The quantitative estimate of drug-likeness (QED) is 0.179. The smallest absolute Gasteiger partial charge is 0.404 e. The normalized spacial score (nSPS) is 12.8. The average Bonchev–Trinajstić information content (AvgIpc) is 2.49. The molecular formula is C15H25ClN2O6. The monoisotopic (exact) mass is 364 g/mol. The highest BCUT2D eigenvalue weighted by Gasteiger charge is 2.25. The number of hydrogen-bond donors (Lipinski definition) is 2. The predicted molar refractivity (Wildman–Crippen MR) is 88.4 cm³/mol. The summed E-state index contributed by atoms with van der Waals surface area (Å²) in [5.41, 5.74) is 10.2. The minimum atomic E-state index is -0.918. The first kappa shape index (κ1) is 22.0. The number of carbonyl (C=O) groups is 3. The summed E-state index contributed by atoms with van der Waals surface area (Å²) >= 11 is 5.89. The van der Waals surface area contributed by atoms with Gasteiger partial charge in [0.05, 0.1) is 13.2 Å². The van der Waals surface area contributed by atoms with Gasteiger partial charge in [0, 0.05) is 17.4 Å². The zero-order valence-electron chi connectivity index (χ0n) is 13.8. The van der Waals surface area contributed by atoms with Gasteiger partial charge < -0.3 is 25.7 Å². The molecule has 0 aliphatic heterocycles. The Kier molecular flexibility index (Phi) is 11.4. The second-order valence-corrected chi connectivity index (χ2v) is 5.59. The van der Waals surface area contributed by atoms with E-state index < -0.39 is 24.3 Å². The third-order valence-corrected chi connectivity index (χ3v) is 3.54. The van der Waals surface area contributed by atoms with Crippen LogP contribution in [0.15, 0.2) is 12.2 Å². The van der Waals surface area contributed by atoms with Gasteiger partial charge in [0.25, 0.3) is 0 Å². The van der Waals surface area contributed by atoms with E-state index in [1.54, 1.807) is 0 Å². The number of alkyl halides is 1. The Balaban J connectivity index is 4.38. The van der Waals surface area contributed by atoms with Crippen LogP contribution < -0.4 is 11.5 Å². The van der Waals surface area contributed by atoms with Crippen molar-refractivity contribution >= 4 is 29.8 Å². The van der Waals surface area contributed by atoms with Crippen LogP contribution in [0.1, 0.15) is 32.6 Å². The molecule has 0 saturated carbocycles. The Hall–Kier alpha value is -1.96. The molecule has 0 rings (SSSR count). The van der Waals surface area contributed by atoms with E-state index in [0.717, 1.165) is 6.42 Å². The van der Waals surface area contributed by atoms with Crippen molar-refractivity contribution in [3.05, 3.63) is 12.2 Å².